The minimum atomic E-state index is -0.390. The molecule has 0 saturated carbocycles. The van der Waals surface area contributed by atoms with Gasteiger partial charge in [-0.15, -0.1) is 0 Å². The molecule has 1 aliphatic rings. The Bertz CT molecular complexity index is 876. The average molecular weight is 379 g/mol. The number of anilines is 1. The van der Waals surface area contributed by atoms with E-state index >= 15 is 0 Å². The Labute approximate surface area is 162 Å². The van der Waals surface area contributed by atoms with Crippen LogP contribution in [-0.2, 0) is 20.8 Å². The molecule has 2 aromatic rings. The van der Waals surface area contributed by atoms with Crippen LogP contribution in [-0.4, -0.2) is 53.1 Å². The highest BCUT2D eigenvalue weighted by molar-refractivity contribution is 6.06. The molecule has 144 valence electrons. The zero-order chi connectivity index (χ0) is 20.1. The smallest absolute Gasteiger partial charge is 0.254 e. The molecular weight excluding hydrogens is 358 g/mol. The van der Waals surface area contributed by atoms with E-state index in [1.165, 1.54) is 16.7 Å². The summed E-state index contributed by atoms with van der Waals surface area (Å²) in [5, 5.41) is 2.62. The molecule has 7 heteroatoms. The second-order valence-electron chi connectivity index (χ2n) is 6.59. The van der Waals surface area contributed by atoms with Gasteiger partial charge in [0, 0.05) is 24.7 Å². The molecule has 0 radical (unpaired) electrons. The van der Waals surface area contributed by atoms with Crippen LogP contribution in [0.4, 0.5) is 5.69 Å². The predicted molar refractivity (Wildman–Crippen MR) is 104 cm³/mol. The highest BCUT2D eigenvalue weighted by Crippen LogP contribution is 2.14. The van der Waals surface area contributed by atoms with E-state index in [0.717, 1.165) is 5.56 Å². The predicted octanol–water partition coefficient (Wildman–Crippen LogP) is 1.70. The number of carbonyl (C=O) groups excluding carboxylic acids is 4. The molecule has 0 unspecified atom stereocenters. The van der Waals surface area contributed by atoms with Gasteiger partial charge in [-0.2, -0.15) is 0 Å². The zero-order valence-corrected chi connectivity index (χ0v) is 15.6. The molecule has 0 spiro atoms. The van der Waals surface area contributed by atoms with Crippen molar-refractivity contribution < 1.29 is 19.2 Å². The molecule has 0 atom stereocenters. The minimum absolute atomic E-state index is 0.132. The van der Waals surface area contributed by atoms with Crippen molar-refractivity contribution in [2.24, 2.45) is 0 Å². The van der Waals surface area contributed by atoms with E-state index < -0.39 is 5.91 Å². The van der Waals surface area contributed by atoms with Gasteiger partial charge >= 0.3 is 0 Å². The summed E-state index contributed by atoms with van der Waals surface area (Å²) in [5.41, 5.74) is 1.97. The Hall–Kier alpha value is -3.48. The maximum Gasteiger partial charge on any atom is 0.254 e. The number of benzene rings is 2. The van der Waals surface area contributed by atoms with Crippen LogP contribution in [0.15, 0.2) is 54.6 Å². The summed E-state index contributed by atoms with van der Waals surface area (Å²) in [4.78, 5) is 51.0. The molecule has 1 N–H and O–H groups in total. The summed E-state index contributed by atoms with van der Waals surface area (Å²) in [6.45, 7) is 1.43. The minimum Gasteiger partial charge on any atom is -0.326 e. The van der Waals surface area contributed by atoms with E-state index in [4.69, 9.17) is 0 Å². The van der Waals surface area contributed by atoms with E-state index in [9.17, 15) is 19.2 Å². The first-order chi connectivity index (χ1) is 13.4. The van der Waals surface area contributed by atoms with E-state index in [1.54, 1.807) is 24.3 Å². The first kappa shape index (κ1) is 19.3. The lowest BCUT2D eigenvalue weighted by Gasteiger charge is -2.32. The summed E-state index contributed by atoms with van der Waals surface area (Å²) in [6.07, 6.45) is 0.580. The fraction of sp³-hybridized carbons (Fsp3) is 0.238. The summed E-state index contributed by atoms with van der Waals surface area (Å²) < 4.78 is 0. The number of hydrogen-bond donors (Lipinski definition) is 1. The van der Waals surface area contributed by atoms with E-state index in [0.29, 0.717) is 24.2 Å². The third kappa shape index (κ3) is 4.62. The molecule has 0 bridgehead atoms. The average Bonchev–Trinajstić information content (AvgIpc) is 2.67. The summed E-state index contributed by atoms with van der Waals surface area (Å²) in [7, 11) is 0. The maximum atomic E-state index is 12.6. The number of nitrogens with one attached hydrogen (secondary N) is 1. The Morgan fingerprint density at radius 1 is 0.929 bits per heavy atom. The van der Waals surface area contributed by atoms with E-state index in [1.807, 2.05) is 30.3 Å². The summed E-state index contributed by atoms with van der Waals surface area (Å²) in [5.74, 6) is -1.36. The second-order valence-corrected chi connectivity index (χ2v) is 6.59. The topological polar surface area (TPSA) is 86.8 Å². The second kappa shape index (κ2) is 8.47. The lowest BCUT2D eigenvalue weighted by molar-refractivity contribution is -0.150. The van der Waals surface area contributed by atoms with Crippen molar-refractivity contribution in [1.29, 1.82) is 0 Å². The van der Waals surface area contributed by atoms with Gasteiger partial charge in [0.1, 0.15) is 13.1 Å². The van der Waals surface area contributed by atoms with Crippen molar-refractivity contribution in [2.45, 2.75) is 13.3 Å². The summed E-state index contributed by atoms with van der Waals surface area (Å²) in [6, 6.07) is 15.9. The van der Waals surface area contributed by atoms with Crippen LogP contribution in [0.3, 0.4) is 0 Å². The monoisotopic (exact) mass is 379 g/mol. The Balaban J connectivity index is 1.61. The van der Waals surface area contributed by atoms with Crippen LogP contribution < -0.4 is 5.32 Å². The molecule has 1 aliphatic heterocycles. The summed E-state index contributed by atoms with van der Waals surface area (Å²) >= 11 is 0. The highest BCUT2D eigenvalue weighted by Gasteiger charge is 2.33. The van der Waals surface area contributed by atoms with Crippen molar-refractivity contribution in [3.8, 4) is 0 Å². The fourth-order valence-electron chi connectivity index (χ4n) is 3.05. The molecule has 4 amide bonds. The molecule has 3 rings (SSSR count). The number of nitrogens with zero attached hydrogens (tertiary/aromatic N) is 2. The number of carbonyl (C=O) groups is 4. The van der Waals surface area contributed by atoms with Crippen LogP contribution in [0, 0.1) is 0 Å². The first-order valence-electron chi connectivity index (χ1n) is 8.98. The highest BCUT2D eigenvalue weighted by atomic mass is 16.2. The van der Waals surface area contributed by atoms with Gasteiger partial charge in [-0.25, -0.2) is 0 Å². The third-order valence-electron chi connectivity index (χ3n) is 4.46. The van der Waals surface area contributed by atoms with Crippen molar-refractivity contribution in [1.82, 2.24) is 9.80 Å². The number of piperazine rings is 1. The van der Waals surface area contributed by atoms with Crippen molar-refractivity contribution in [3.05, 3.63) is 65.7 Å². The van der Waals surface area contributed by atoms with Gasteiger partial charge in [-0.05, 0) is 36.2 Å². The Morgan fingerprint density at radius 2 is 1.54 bits per heavy atom. The van der Waals surface area contributed by atoms with E-state index in [2.05, 4.69) is 5.32 Å². The van der Waals surface area contributed by atoms with Gasteiger partial charge in [0.2, 0.25) is 17.7 Å². The molecular formula is C21H21N3O4. The molecule has 1 saturated heterocycles. The van der Waals surface area contributed by atoms with Gasteiger partial charge in [0.15, 0.2) is 0 Å². The van der Waals surface area contributed by atoms with Gasteiger partial charge in [0.05, 0.1) is 0 Å². The fourth-order valence-corrected chi connectivity index (χ4v) is 3.05. The molecule has 0 aromatic heterocycles. The van der Waals surface area contributed by atoms with Gasteiger partial charge in [-0.3, -0.25) is 24.1 Å². The SMILES string of the molecule is CC(=O)Nc1ccc(C(=O)N2CC(=O)N(CCc3ccccc3)C(=O)C2)cc1. The number of amides is 4. The molecule has 7 nitrogen and oxygen atoms in total. The first-order valence-corrected chi connectivity index (χ1v) is 8.98. The number of imide groups is 1. The van der Waals surface area contributed by atoms with Crippen molar-refractivity contribution >= 4 is 29.3 Å². The lowest BCUT2D eigenvalue weighted by atomic mass is 10.1. The van der Waals surface area contributed by atoms with Gasteiger partial charge < -0.3 is 10.2 Å². The third-order valence-corrected chi connectivity index (χ3v) is 4.46. The maximum absolute atomic E-state index is 12.6. The largest absolute Gasteiger partial charge is 0.326 e. The number of rotatable bonds is 5. The molecule has 1 heterocycles. The van der Waals surface area contributed by atoms with Gasteiger partial charge in [0.25, 0.3) is 5.91 Å². The van der Waals surface area contributed by atoms with E-state index in [-0.39, 0.29) is 30.8 Å². The molecule has 0 aliphatic carbocycles. The van der Waals surface area contributed by atoms with Crippen LogP contribution in [0.25, 0.3) is 0 Å². The number of hydrogen-bond acceptors (Lipinski definition) is 4. The quantitative estimate of drug-likeness (QED) is 0.801. The van der Waals surface area contributed by atoms with Crippen LogP contribution in [0.1, 0.15) is 22.8 Å². The van der Waals surface area contributed by atoms with Gasteiger partial charge in [-0.1, -0.05) is 30.3 Å². The molecule has 28 heavy (non-hydrogen) atoms. The van der Waals surface area contributed by atoms with Crippen LogP contribution >= 0.6 is 0 Å². The lowest BCUT2D eigenvalue weighted by Crippen LogP contribution is -2.55. The Kier molecular flexibility index (Phi) is 5.84. The Morgan fingerprint density at radius 3 is 2.11 bits per heavy atom. The normalized spacial score (nSPS) is 14.2. The standard InChI is InChI=1S/C21H21N3O4/c1-15(25)22-18-9-7-17(8-10-18)21(28)23-13-19(26)24(20(27)14-23)12-11-16-5-3-2-4-6-16/h2-10H,11-14H2,1H3,(H,22,25). The van der Waals surface area contributed by atoms with Crippen LogP contribution in [0.5, 0.6) is 0 Å². The zero-order valence-electron chi connectivity index (χ0n) is 15.6. The van der Waals surface area contributed by atoms with Crippen molar-refractivity contribution in [3.63, 3.8) is 0 Å². The van der Waals surface area contributed by atoms with Crippen molar-refractivity contribution in [2.75, 3.05) is 25.0 Å². The molecule has 1 fully saturated rings. The van der Waals surface area contributed by atoms with Crippen LogP contribution in [0.2, 0.25) is 0 Å². The molecule has 2 aromatic carbocycles.